The highest BCUT2D eigenvalue weighted by atomic mass is 16.3. The number of aromatic nitrogens is 1. The van der Waals surface area contributed by atoms with E-state index < -0.39 is 0 Å². The van der Waals surface area contributed by atoms with Crippen LogP contribution in [0.25, 0.3) is 0 Å². The molecular formula is C25H29N3O3. The van der Waals surface area contributed by atoms with E-state index in [1.165, 1.54) is 0 Å². The summed E-state index contributed by atoms with van der Waals surface area (Å²) in [6.07, 6.45) is 5.12. The predicted molar refractivity (Wildman–Crippen MR) is 120 cm³/mol. The van der Waals surface area contributed by atoms with Crippen molar-refractivity contribution in [3.8, 4) is 0 Å². The predicted octanol–water partition coefficient (Wildman–Crippen LogP) is 3.53. The van der Waals surface area contributed by atoms with Gasteiger partial charge in [0, 0.05) is 12.2 Å². The summed E-state index contributed by atoms with van der Waals surface area (Å²) in [5.41, 5.74) is 2.13. The van der Waals surface area contributed by atoms with Gasteiger partial charge in [-0.2, -0.15) is 0 Å². The number of nitrogens with zero attached hydrogens (tertiary/aromatic N) is 3. The maximum Gasteiger partial charge on any atom is 0.263 e. The molecule has 1 saturated heterocycles. The van der Waals surface area contributed by atoms with Crippen molar-refractivity contribution in [2.75, 3.05) is 20.1 Å². The van der Waals surface area contributed by atoms with Crippen LogP contribution in [0.2, 0.25) is 0 Å². The quantitative estimate of drug-likeness (QED) is 0.613. The lowest BCUT2D eigenvalue weighted by molar-refractivity contribution is 0.0548. The Morgan fingerprint density at radius 1 is 1.13 bits per heavy atom. The number of carbonyl (C=O) groups is 1. The van der Waals surface area contributed by atoms with E-state index in [0.717, 1.165) is 42.8 Å². The van der Waals surface area contributed by atoms with E-state index in [2.05, 4.69) is 18.0 Å². The Kier molecular flexibility index (Phi) is 6.37. The largest absolute Gasteiger partial charge is 0.467 e. The molecule has 3 aromatic rings. The molecule has 162 valence electrons. The Bertz CT molecular complexity index is 1080. The third-order valence-electron chi connectivity index (χ3n) is 5.98. The van der Waals surface area contributed by atoms with Gasteiger partial charge >= 0.3 is 0 Å². The summed E-state index contributed by atoms with van der Waals surface area (Å²) in [6.45, 7) is 4.69. The number of furan rings is 1. The third-order valence-corrected chi connectivity index (χ3v) is 5.98. The summed E-state index contributed by atoms with van der Waals surface area (Å²) in [5, 5.41) is 0. The first kappa shape index (κ1) is 21.1. The van der Waals surface area contributed by atoms with Crippen LogP contribution in [0.4, 0.5) is 0 Å². The second kappa shape index (κ2) is 9.35. The summed E-state index contributed by atoms with van der Waals surface area (Å²) >= 11 is 0. The Balaban J connectivity index is 1.62. The molecule has 0 bridgehead atoms. The average molecular weight is 420 g/mol. The number of pyridine rings is 1. The molecule has 0 N–H and O–H groups in total. The molecule has 1 amide bonds. The number of piperidine rings is 1. The molecule has 1 aliphatic heterocycles. The number of amides is 1. The van der Waals surface area contributed by atoms with Crippen LogP contribution >= 0.6 is 0 Å². The van der Waals surface area contributed by atoms with E-state index >= 15 is 0 Å². The van der Waals surface area contributed by atoms with Crippen LogP contribution in [-0.2, 0) is 13.1 Å². The van der Waals surface area contributed by atoms with Gasteiger partial charge in [-0.05, 0) is 69.7 Å². The Morgan fingerprint density at radius 2 is 1.94 bits per heavy atom. The smallest absolute Gasteiger partial charge is 0.263 e. The molecule has 0 atom stereocenters. The van der Waals surface area contributed by atoms with Gasteiger partial charge < -0.3 is 18.8 Å². The number of carbonyl (C=O) groups excluding carboxylic acids is 1. The minimum Gasteiger partial charge on any atom is -0.467 e. The van der Waals surface area contributed by atoms with Gasteiger partial charge in [0.25, 0.3) is 11.5 Å². The van der Waals surface area contributed by atoms with E-state index in [-0.39, 0.29) is 23.1 Å². The van der Waals surface area contributed by atoms with Gasteiger partial charge in [0.1, 0.15) is 11.3 Å². The van der Waals surface area contributed by atoms with E-state index in [4.69, 9.17) is 4.42 Å². The Labute approximate surface area is 182 Å². The summed E-state index contributed by atoms with van der Waals surface area (Å²) in [5.74, 6) is 0.498. The van der Waals surface area contributed by atoms with Gasteiger partial charge in [0.05, 0.1) is 19.4 Å². The first-order chi connectivity index (χ1) is 15.0. The first-order valence-electron chi connectivity index (χ1n) is 10.8. The molecule has 0 spiro atoms. The molecule has 0 radical (unpaired) electrons. The second-order valence-corrected chi connectivity index (χ2v) is 8.39. The number of rotatable bonds is 6. The van der Waals surface area contributed by atoms with Crippen LogP contribution in [0, 0.1) is 6.92 Å². The van der Waals surface area contributed by atoms with Crippen LogP contribution in [0.15, 0.2) is 70.2 Å². The number of likely N-dealkylation sites (tertiary alicyclic amines) is 1. The van der Waals surface area contributed by atoms with Crippen molar-refractivity contribution in [1.29, 1.82) is 0 Å². The summed E-state index contributed by atoms with van der Waals surface area (Å²) in [7, 11) is 2.09. The molecule has 2 aromatic heterocycles. The first-order valence-corrected chi connectivity index (χ1v) is 10.8. The molecule has 1 fully saturated rings. The van der Waals surface area contributed by atoms with Crippen molar-refractivity contribution in [2.45, 2.75) is 38.9 Å². The highest BCUT2D eigenvalue weighted by Gasteiger charge is 2.30. The van der Waals surface area contributed by atoms with Crippen molar-refractivity contribution in [3.63, 3.8) is 0 Å². The van der Waals surface area contributed by atoms with Crippen LogP contribution in [0.3, 0.4) is 0 Å². The summed E-state index contributed by atoms with van der Waals surface area (Å²) < 4.78 is 7.13. The molecule has 6 heteroatoms. The van der Waals surface area contributed by atoms with Gasteiger partial charge in [0.2, 0.25) is 0 Å². The van der Waals surface area contributed by atoms with Crippen molar-refractivity contribution in [1.82, 2.24) is 14.4 Å². The maximum absolute atomic E-state index is 13.6. The van der Waals surface area contributed by atoms with Gasteiger partial charge in [-0.15, -0.1) is 0 Å². The Morgan fingerprint density at radius 3 is 2.65 bits per heavy atom. The lowest BCUT2D eigenvalue weighted by Gasteiger charge is -2.37. The lowest BCUT2D eigenvalue weighted by atomic mass is 10.0. The van der Waals surface area contributed by atoms with E-state index in [1.54, 1.807) is 29.2 Å². The zero-order valence-electron chi connectivity index (χ0n) is 18.2. The fraction of sp³-hybridized carbons (Fsp3) is 0.360. The molecular weight excluding hydrogens is 390 g/mol. The molecule has 6 nitrogen and oxygen atoms in total. The third kappa shape index (κ3) is 4.97. The normalized spacial score (nSPS) is 15.2. The highest BCUT2D eigenvalue weighted by Crippen LogP contribution is 2.20. The van der Waals surface area contributed by atoms with E-state index in [9.17, 15) is 9.59 Å². The molecule has 3 heterocycles. The number of hydrogen-bond acceptors (Lipinski definition) is 4. The molecule has 4 rings (SSSR count). The van der Waals surface area contributed by atoms with Crippen LogP contribution in [0.5, 0.6) is 0 Å². The number of aryl methyl sites for hydroxylation is 1. The number of hydrogen-bond donors (Lipinski definition) is 0. The van der Waals surface area contributed by atoms with Crippen molar-refractivity contribution < 1.29 is 9.21 Å². The minimum atomic E-state index is -0.258. The fourth-order valence-corrected chi connectivity index (χ4v) is 4.23. The molecule has 1 aromatic carbocycles. The van der Waals surface area contributed by atoms with Crippen molar-refractivity contribution in [2.24, 2.45) is 0 Å². The zero-order valence-corrected chi connectivity index (χ0v) is 18.2. The topological polar surface area (TPSA) is 58.7 Å². The van der Waals surface area contributed by atoms with Crippen molar-refractivity contribution >= 4 is 5.91 Å². The molecule has 0 unspecified atom stereocenters. The van der Waals surface area contributed by atoms with Gasteiger partial charge in [-0.3, -0.25) is 9.59 Å². The van der Waals surface area contributed by atoms with Gasteiger partial charge in [0.15, 0.2) is 0 Å². The molecule has 1 aliphatic rings. The molecule has 0 saturated carbocycles. The van der Waals surface area contributed by atoms with Crippen LogP contribution in [-0.4, -0.2) is 46.5 Å². The van der Waals surface area contributed by atoms with Crippen LogP contribution < -0.4 is 5.56 Å². The molecule has 0 aliphatic carbocycles. The standard InChI is InChI=1S/C25H29N3O3/c1-19-6-3-7-20(16-19)17-27-12-4-9-23(24(27)29)25(30)28(18-22-8-5-15-31-22)21-10-13-26(2)14-11-21/h3-9,12,15-16,21H,10-11,13-14,17-18H2,1-2H3. The average Bonchev–Trinajstić information content (AvgIpc) is 3.27. The maximum atomic E-state index is 13.6. The highest BCUT2D eigenvalue weighted by molar-refractivity contribution is 5.94. The lowest BCUT2D eigenvalue weighted by Crippen LogP contribution is -2.47. The monoisotopic (exact) mass is 419 g/mol. The fourth-order valence-electron chi connectivity index (χ4n) is 4.23. The SMILES string of the molecule is Cc1cccc(Cn2cccc(C(=O)N(Cc3ccco3)C3CCN(C)CC3)c2=O)c1. The zero-order chi connectivity index (χ0) is 21.8. The second-order valence-electron chi connectivity index (χ2n) is 8.39. The van der Waals surface area contributed by atoms with E-state index in [1.807, 2.05) is 42.2 Å². The van der Waals surface area contributed by atoms with Gasteiger partial charge in [-0.25, -0.2) is 0 Å². The van der Waals surface area contributed by atoms with Gasteiger partial charge in [-0.1, -0.05) is 29.8 Å². The van der Waals surface area contributed by atoms with Crippen LogP contribution in [0.1, 0.15) is 40.1 Å². The van der Waals surface area contributed by atoms with Crippen molar-refractivity contribution in [3.05, 3.63) is 93.8 Å². The van der Waals surface area contributed by atoms with E-state index in [0.29, 0.717) is 13.1 Å². The molecule has 31 heavy (non-hydrogen) atoms. The Hall–Kier alpha value is -3.12. The minimum absolute atomic E-state index is 0.0821. The summed E-state index contributed by atoms with van der Waals surface area (Å²) in [4.78, 5) is 30.9. The number of benzene rings is 1. The summed E-state index contributed by atoms with van der Waals surface area (Å²) in [6, 6.07) is 15.3.